The molecule has 0 spiro atoms. The Kier molecular flexibility index (Phi) is 4.44. The van der Waals surface area contributed by atoms with Gasteiger partial charge in [0.1, 0.15) is 5.75 Å². The lowest BCUT2D eigenvalue weighted by Crippen LogP contribution is -2.09. The molecular weight excluding hydrogens is 292 g/mol. The van der Waals surface area contributed by atoms with Gasteiger partial charge in [0.15, 0.2) is 0 Å². The van der Waals surface area contributed by atoms with Gasteiger partial charge in [-0.15, -0.1) is 0 Å². The fourth-order valence-corrected chi connectivity index (χ4v) is 2.55. The molecule has 2 aromatic rings. The SMILES string of the molecule is COc1cc(NS(C)(=O)=O)ccc1-c1cnccc1CO. The maximum Gasteiger partial charge on any atom is 0.229 e. The lowest BCUT2D eigenvalue weighted by molar-refractivity contribution is 0.282. The van der Waals surface area contributed by atoms with Crippen molar-refractivity contribution < 1.29 is 18.3 Å². The average Bonchev–Trinajstić information content (AvgIpc) is 2.45. The quantitative estimate of drug-likeness (QED) is 0.876. The summed E-state index contributed by atoms with van der Waals surface area (Å²) in [7, 11) is -1.85. The number of hydrogen-bond acceptors (Lipinski definition) is 5. The summed E-state index contributed by atoms with van der Waals surface area (Å²) in [5, 5.41) is 9.39. The minimum atomic E-state index is -3.35. The minimum Gasteiger partial charge on any atom is -0.496 e. The third kappa shape index (κ3) is 3.71. The molecule has 0 saturated heterocycles. The largest absolute Gasteiger partial charge is 0.496 e. The molecule has 112 valence electrons. The summed E-state index contributed by atoms with van der Waals surface area (Å²) in [5.41, 5.74) is 2.59. The van der Waals surface area contributed by atoms with Crippen LogP contribution in [0.3, 0.4) is 0 Å². The number of methoxy groups -OCH3 is 1. The number of hydrogen-bond donors (Lipinski definition) is 2. The third-order valence-electron chi connectivity index (χ3n) is 2.88. The number of nitrogens with one attached hydrogen (secondary N) is 1. The van der Waals surface area contributed by atoms with Crippen molar-refractivity contribution in [2.45, 2.75) is 6.61 Å². The molecule has 0 aliphatic rings. The minimum absolute atomic E-state index is 0.121. The highest BCUT2D eigenvalue weighted by molar-refractivity contribution is 7.92. The Morgan fingerprint density at radius 2 is 2.05 bits per heavy atom. The summed E-state index contributed by atoms with van der Waals surface area (Å²) in [6.45, 7) is -0.121. The zero-order valence-electron chi connectivity index (χ0n) is 11.7. The first-order valence-electron chi connectivity index (χ1n) is 6.14. The summed E-state index contributed by atoms with van der Waals surface area (Å²) in [5.74, 6) is 0.492. The number of rotatable bonds is 5. The number of aromatic nitrogens is 1. The van der Waals surface area contributed by atoms with E-state index in [9.17, 15) is 13.5 Å². The third-order valence-corrected chi connectivity index (χ3v) is 3.48. The molecule has 0 fully saturated rings. The molecule has 6 nitrogen and oxygen atoms in total. The zero-order valence-corrected chi connectivity index (χ0v) is 12.5. The van der Waals surface area contributed by atoms with E-state index in [1.807, 2.05) is 0 Å². The molecule has 21 heavy (non-hydrogen) atoms. The van der Waals surface area contributed by atoms with E-state index in [1.165, 1.54) is 7.11 Å². The molecule has 1 aromatic carbocycles. The Hall–Kier alpha value is -2.12. The summed E-state index contributed by atoms with van der Waals surface area (Å²) in [6, 6.07) is 6.66. The highest BCUT2D eigenvalue weighted by atomic mass is 32.2. The van der Waals surface area contributed by atoms with Gasteiger partial charge in [0.25, 0.3) is 0 Å². The zero-order chi connectivity index (χ0) is 15.5. The van der Waals surface area contributed by atoms with Crippen LogP contribution in [0.15, 0.2) is 36.7 Å². The number of aliphatic hydroxyl groups excluding tert-OH is 1. The number of pyridine rings is 1. The molecule has 1 aromatic heterocycles. The van der Waals surface area contributed by atoms with Gasteiger partial charge in [-0.25, -0.2) is 8.42 Å². The Labute approximate surface area is 123 Å². The van der Waals surface area contributed by atoms with Gasteiger partial charge in [0.05, 0.1) is 25.7 Å². The summed E-state index contributed by atoms with van der Waals surface area (Å²) < 4.78 is 30.2. The van der Waals surface area contributed by atoms with Crippen LogP contribution in [0.5, 0.6) is 5.75 Å². The Bertz CT molecular complexity index is 744. The highest BCUT2D eigenvalue weighted by Gasteiger charge is 2.12. The monoisotopic (exact) mass is 308 g/mol. The van der Waals surface area contributed by atoms with Gasteiger partial charge in [-0.2, -0.15) is 0 Å². The van der Waals surface area contributed by atoms with E-state index in [-0.39, 0.29) is 6.61 Å². The molecule has 0 amide bonds. The van der Waals surface area contributed by atoms with Crippen LogP contribution in [-0.2, 0) is 16.6 Å². The molecule has 0 saturated carbocycles. The van der Waals surface area contributed by atoms with Crippen molar-refractivity contribution in [3.63, 3.8) is 0 Å². The normalized spacial score (nSPS) is 11.2. The average molecular weight is 308 g/mol. The van der Waals surface area contributed by atoms with Crippen molar-refractivity contribution >= 4 is 15.7 Å². The number of anilines is 1. The molecule has 2 rings (SSSR count). The van der Waals surface area contributed by atoms with Gasteiger partial charge in [-0.3, -0.25) is 9.71 Å². The second kappa shape index (κ2) is 6.11. The molecule has 0 aliphatic carbocycles. The van der Waals surface area contributed by atoms with Crippen LogP contribution < -0.4 is 9.46 Å². The molecule has 0 aliphatic heterocycles. The van der Waals surface area contributed by atoms with Crippen molar-refractivity contribution in [1.29, 1.82) is 0 Å². The fraction of sp³-hybridized carbons (Fsp3) is 0.214. The molecule has 0 atom stereocenters. The van der Waals surface area contributed by atoms with Crippen molar-refractivity contribution in [3.8, 4) is 16.9 Å². The van der Waals surface area contributed by atoms with E-state index in [2.05, 4.69) is 9.71 Å². The summed E-state index contributed by atoms with van der Waals surface area (Å²) in [4.78, 5) is 4.05. The first-order chi connectivity index (χ1) is 9.94. The van der Waals surface area contributed by atoms with Gasteiger partial charge in [0, 0.05) is 29.6 Å². The molecule has 0 radical (unpaired) electrons. The second-order valence-corrected chi connectivity index (χ2v) is 6.23. The van der Waals surface area contributed by atoms with Crippen LogP contribution in [0.1, 0.15) is 5.56 Å². The Morgan fingerprint density at radius 3 is 2.67 bits per heavy atom. The first kappa shape index (κ1) is 15.3. The van der Waals surface area contributed by atoms with Crippen molar-refractivity contribution in [1.82, 2.24) is 4.98 Å². The summed E-state index contributed by atoms with van der Waals surface area (Å²) >= 11 is 0. The van der Waals surface area contributed by atoms with Gasteiger partial charge in [0.2, 0.25) is 10.0 Å². The van der Waals surface area contributed by atoms with Crippen molar-refractivity contribution in [2.75, 3.05) is 18.1 Å². The van der Waals surface area contributed by atoms with Crippen LogP contribution in [-0.4, -0.2) is 31.9 Å². The van der Waals surface area contributed by atoms with Gasteiger partial charge in [-0.05, 0) is 23.8 Å². The van der Waals surface area contributed by atoms with Crippen LogP contribution in [0.25, 0.3) is 11.1 Å². The van der Waals surface area contributed by atoms with E-state index in [0.717, 1.165) is 17.4 Å². The topological polar surface area (TPSA) is 88.5 Å². The fourth-order valence-electron chi connectivity index (χ4n) is 1.99. The van der Waals surface area contributed by atoms with Crippen LogP contribution in [0.4, 0.5) is 5.69 Å². The lowest BCUT2D eigenvalue weighted by atomic mass is 10.0. The van der Waals surface area contributed by atoms with Crippen LogP contribution in [0, 0.1) is 0 Å². The predicted octanol–water partition coefficient (Wildman–Crippen LogP) is 1.62. The standard InChI is InChI=1S/C14H16N2O4S/c1-20-14-7-11(16-21(2,18)19)3-4-12(14)13-8-15-6-5-10(13)9-17/h3-8,16-17H,9H2,1-2H3. The number of ether oxygens (including phenoxy) is 1. The molecular formula is C14H16N2O4S. The van der Waals surface area contributed by atoms with Gasteiger partial charge in [-0.1, -0.05) is 0 Å². The molecule has 7 heteroatoms. The summed E-state index contributed by atoms with van der Waals surface area (Å²) in [6.07, 6.45) is 4.31. The number of benzene rings is 1. The molecule has 1 heterocycles. The highest BCUT2D eigenvalue weighted by Crippen LogP contribution is 2.34. The molecule has 0 unspecified atom stereocenters. The van der Waals surface area contributed by atoms with Gasteiger partial charge < -0.3 is 9.84 Å². The number of sulfonamides is 1. The van der Waals surface area contributed by atoms with Gasteiger partial charge >= 0.3 is 0 Å². The second-order valence-electron chi connectivity index (χ2n) is 4.48. The van der Waals surface area contributed by atoms with E-state index < -0.39 is 10.0 Å². The smallest absolute Gasteiger partial charge is 0.229 e. The molecule has 0 bridgehead atoms. The van der Waals surface area contributed by atoms with E-state index in [1.54, 1.807) is 36.7 Å². The van der Waals surface area contributed by atoms with Crippen LogP contribution in [0.2, 0.25) is 0 Å². The Balaban J connectivity index is 2.50. The van der Waals surface area contributed by atoms with Crippen molar-refractivity contribution in [2.24, 2.45) is 0 Å². The molecule has 2 N–H and O–H groups in total. The van der Waals surface area contributed by atoms with Crippen LogP contribution >= 0.6 is 0 Å². The van der Waals surface area contributed by atoms with E-state index in [4.69, 9.17) is 4.74 Å². The Morgan fingerprint density at radius 1 is 1.29 bits per heavy atom. The number of nitrogens with zero attached hydrogens (tertiary/aromatic N) is 1. The lowest BCUT2D eigenvalue weighted by Gasteiger charge is -2.13. The predicted molar refractivity (Wildman–Crippen MR) is 80.6 cm³/mol. The maximum atomic E-state index is 11.3. The van der Waals surface area contributed by atoms with E-state index in [0.29, 0.717) is 17.0 Å². The maximum absolute atomic E-state index is 11.3. The van der Waals surface area contributed by atoms with E-state index >= 15 is 0 Å². The number of aliphatic hydroxyl groups is 1. The first-order valence-corrected chi connectivity index (χ1v) is 8.03. The van der Waals surface area contributed by atoms with Crippen molar-refractivity contribution in [3.05, 3.63) is 42.2 Å².